The Morgan fingerprint density at radius 1 is 0.882 bits per heavy atom. The number of hydrogen-bond donors (Lipinski definition) is 0. The number of para-hydroxylation sites is 1. The van der Waals surface area contributed by atoms with E-state index in [4.69, 9.17) is 4.42 Å². The van der Waals surface area contributed by atoms with Crippen molar-refractivity contribution in [1.82, 2.24) is 0 Å². The van der Waals surface area contributed by atoms with Crippen molar-refractivity contribution >= 4 is 35.0 Å². The number of aryl methyl sites for hydroxylation is 1. The number of hydrogen-bond acceptors (Lipinski definition) is 1. The van der Waals surface area contributed by atoms with E-state index in [-0.39, 0.29) is 15.0 Å². The zero-order chi connectivity index (χ0) is 11.7. The van der Waals surface area contributed by atoms with Crippen LogP contribution < -0.4 is 9.12 Å². The molecule has 0 radical (unpaired) electrons. The van der Waals surface area contributed by atoms with Crippen molar-refractivity contribution in [3.63, 3.8) is 0 Å². The molecule has 0 saturated carbocycles. The van der Waals surface area contributed by atoms with Gasteiger partial charge in [-0.25, -0.2) is 0 Å². The van der Waals surface area contributed by atoms with Crippen LogP contribution in [-0.4, -0.2) is 15.0 Å². The second-order valence-corrected chi connectivity index (χ2v) is 6.12. The Hall–Kier alpha value is -1.50. The molecule has 0 fully saturated rings. The van der Waals surface area contributed by atoms with Crippen LogP contribution in [0.3, 0.4) is 0 Å². The third-order valence-electron chi connectivity index (χ3n) is 2.75. The molecule has 0 unspecified atom stereocenters. The zero-order valence-corrected chi connectivity index (χ0v) is 11.2. The minimum atomic E-state index is 0.254. The molecule has 0 aliphatic carbocycles. The summed E-state index contributed by atoms with van der Waals surface area (Å²) in [6.45, 7) is 2.14. The van der Waals surface area contributed by atoms with Gasteiger partial charge in [0.2, 0.25) is 0 Å². The van der Waals surface area contributed by atoms with Gasteiger partial charge in [-0.3, -0.25) is 0 Å². The van der Waals surface area contributed by atoms with E-state index in [9.17, 15) is 0 Å². The maximum atomic E-state index is 5.93. The van der Waals surface area contributed by atoms with E-state index >= 15 is 0 Å². The van der Waals surface area contributed by atoms with Crippen molar-refractivity contribution < 1.29 is 4.42 Å². The van der Waals surface area contributed by atoms with Crippen LogP contribution in [0.5, 0.6) is 0 Å². The van der Waals surface area contributed by atoms with Crippen molar-refractivity contribution in [2.75, 3.05) is 0 Å². The first kappa shape index (κ1) is 10.6. The quantitative estimate of drug-likeness (QED) is 0.660. The molecule has 0 spiro atoms. The molecule has 2 heteroatoms. The van der Waals surface area contributed by atoms with Crippen LogP contribution in [0.4, 0.5) is 0 Å². The van der Waals surface area contributed by atoms with E-state index in [2.05, 4.69) is 43.3 Å². The molecule has 0 aliphatic heterocycles. The van der Waals surface area contributed by atoms with Gasteiger partial charge in [-0.15, -0.1) is 0 Å². The van der Waals surface area contributed by atoms with Crippen LogP contribution in [0, 0.1) is 6.92 Å². The maximum absolute atomic E-state index is 5.93. The summed E-state index contributed by atoms with van der Waals surface area (Å²) < 4.78 is 8.41. The van der Waals surface area contributed by atoms with Crippen molar-refractivity contribution in [3.05, 3.63) is 60.2 Å². The molecule has 0 atom stereocenters. The second kappa shape index (κ2) is 4.40. The van der Waals surface area contributed by atoms with E-state index in [0.29, 0.717) is 0 Å². The van der Waals surface area contributed by atoms with Gasteiger partial charge in [0.15, 0.2) is 0 Å². The summed E-state index contributed by atoms with van der Waals surface area (Å²) >= 11 is 0.254. The molecule has 1 heterocycles. The van der Waals surface area contributed by atoms with Crippen LogP contribution in [0.2, 0.25) is 0 Å². The molecule has 0 saturated heterocycles. The summed E-state index contributed by atoms with van der Waals surface area (Å²) in [5.74, 6) is 0. The molecule has 3 aromatic rings. The van der Waals surface area contributed by atoms with Gasteiger partial charge in [0.1, 0.15) is 0 Å². The first-order valence-electron chi connectivity index (χ1n) is 5.55. The van der Waals surface area contributed by atoms with Crippen LogP contribution in [0.25, 0.3) is 11.0 Å². The topological polar surface area (TPSA) is 13.1 Å². The summed E-state index contributed by atoms with van der Waals surface area (Å²) in [5, 5.41) is 1.24. The minimum absolute atomic E-state index is 0.254. The predicted molar refractivity (Wildman–Crippen MR) is 72.4 cm³/mol. The summed E-state index contributed by atoms with van der Waals surface area (Å²) in [6, 6.07) is 18.8. The van der Waals surface area contributed by atoms with Gasteiger partial charge >= 0.3 is 107 Å². The molecule has 0 amide bonds. The molecule has 1 nitrogen and oxygen atoms in total. The molecule has 0 aliphatic rings. The third-order valence-corrected chi connectivity index (χ3v) is 5.03. The molecular formula is C15H12OSe. The zero-order valence-electron chi connectivity index (χ0n) is 9.51. The van der Waals surface area contributed by atoms with Gasteiger partial charge < -0.3 is 0 Å². The molecule has 0 bridgehead atoms. The molecule has 3 rings (SSSR count). The molecule has 2 aromatic carbocycles. The standard InChI is InChI=1S/C15H12OSe/c1-11-13-9-5-6-10-14(13)16-15(11)17-12-7-3-2-4-8-12/h2-10H,1H3. The second-order valence-electron chi connectivity index (χ2n) is 3.93. The Balaban J connectivity index is 2.04. The summed E-state index contributed by atoms with van der Waals surface area (Å²) in [7, 11) is 0. The number of benzene rings is 2. The van der Waals surface area contributed by atoms with Crippen LogP contribution in [-0.2, 0) is 0 Å². The first-order chi connectivity index (χ1) is 8.34. The molecule has 84 valence electrons. The molecule has 17 heavy (non-hydrogen) atoms. The average molecular weight is 287 g/mol. The Kier molecular flexibility index (Phi) is 2.76. The Labute approximate surface area is 107 Å². The summed E-state index contributed by atoms with van der Waals surface area (Å²) in [6.07, 6.45) is 0. The van der Waals surface area contributed by atoms with Crippen LogP contribution in [0.15, 0.2) is 59.0 Å². The van der Waals surface area contributed by atoms with Crippen LogP contribution >= 0.6 is 0 Å². The van der Waals surface area contributed by atoms with Crippen LogP contribution in [0.1, 0.15) is 5.56 Å². The Morgan fingerprint density at radius 3 is 2.35 bits per heavy atom. The van der Waals surface area contributed by atoms with Crippen molar-refractivity contribution in [2.45, 2.75) is 6.92 Å². The average Bonchev–Trinajstić information content (AvgIpc) is 2.68. The third kappa shape index (κ3) is 2.02. The van der Waals surface area contributed by atoms with Crippen molar-refractivity contribution in [3.8, 4) is 0 Å². The van der Waals surface area contributed by atoms with Gasteiger partial charge in [-0.05, 0) is 0 Å². The van der Waals surface area contributed by atoms with Gasteiger partial charge in [0, 0.05) is 0 Å². The van der Waals surface area contributed by atoms with Crippen molar-refractivity contribution in [2.24, 2.45) is 0 Å². The Morgan fingerprint density at radius 2 is 1.59 bits per heavy atom. The van der Waals surface area contributed by atoms with E-state index in [1.54, 1.807) is 0 Å². The molecule has 1 aromatic heterocycles. The monoisotopic (exact) mass is 288 g/mol. The van der Waals surface area contributed by atoms with E-state index < -0.39 is 0 Å². The number of fused-ring (bicyclic) bond motifs is 1. The number of rotatable bonds is 2. The predicted octanol–water partition coefficient (Wildman–Crippen LogP) is 2.40. The van der Waals surface area contributed by atoms with Gasteiger partial charge in [-0.2, -0.15) is 0 Å². The SMILES string of the molecule is Cc1c([Se]c2ccccc2)oc2ccccc12. The number of furan rings is 1. The van der Waals surface area contributed by atoms with Gasteiger partial charge in [0.05, 0.1) is 0 Å². The van der Waals surface area contributed by atoms with E-state index in [1.165, 1.54) is 15.4 Å². The fraction of sp³-hybridized carbons (Fsp3) is 0.0667. The fourth-order valence-electron chi connectivity index (χ4n) is 1.84. The first-order valence-corrected chi connectivity index (χ1v) is 7.27. The molecule has 0 N–H and O–H groups in total. The van der Waals surface area contributed by atoms with E-state index in [1.807, 2.05) is 18.2 Å². The summed E-state index contributed by atoms with van der Waals surface area (Å²) in [4.78, 5) is 0. The fourth-order valence-corrected chi connectivity index (χ4v) is 3.74. The van der Waals surface area contributed by atoms with Gasteiger partial charge in [-0.1, -0.05) is 0 Å². The molecular weight excluding hydrogens is 275 g/mol. The normalized spacial score (nSPS) is 10.9. The van der Waals surface area contributed by atoms with E-state index in [0.717, 1.165) is 10.2 Å². The summed E-state index contributed by atoms with van der Waals surface area (Å²) in [5.41, 5.74) is 2.28. The van der Waals surface area contributed by atoms with Gasteiger partial charge in [0.25, 0.3) is 0 Å². The van der Waals surface area contributed by atoms with Crippen molar-refractivity contribution in [1.29, 1.82) is 0 Å². The Bertz CT molecular complexity index is 640.